The number of rotatable bonds is 4. The Kier molecular flexibility index (Phi) is 4.24. The van der Waals surface area contributed by atoms with Gasteiger partial charge in [0.2, 0.25) is 0 Å². The molecule has 4 nitrogen and oxygen atoms in total. The molecule has 0 radical (unpaired) electrons. The minimum atomic E-state index is -0.816. The van der Waals surface area contributed by atoms with Crippen molar-refractivity contribution >= 4 is 29.3 Å². The lowest BCUT2D eigenvalue weighted by molar-refractivity contribution is -0.136. The van der Waals surface area contributed by atoms with Crippen LogP contribution in [-0.4, -0.2) is 29.5 Å². The van der Waals surface area contributed by atoms with Crippen molar-refractivity contribution in [2.45, 2.75) is 17.9 Å². The molecule has 0 saturated carbocycles. The number of fused-ring (bicyclic) bond motifs is 1. The molecule has 1 unspecified atom stereocenters. The van der Waals surface area contributed by atoms with Crippen LogP contribution >= 0.6 is 23.4 Å². The molecule has 0 saturated heterocycles. The predicted octanol–water partition coefficient (Wildman–Crippen LogP) is 2.82. The van der Waals surface area contributed by atoms with Gasteiger partial charge in [-0.05, 0) is 24.6 Å². The molecule has 1 N–H and O–H groups in total. The van der Waals surface area contributed by atoms with E-state index in [-0.39, 0.29) is 0 Å². The SMILES string of the molecule is CC(SCc1cc(Cl)c2c(c1)OCCO2)C(=O)O. The molecule has 0 aliphatic carbocycles. The number of ether oxygens (including phenoxy) is 2. The number of aliphatic carboxylic acids is 1. The smallest absolute Gasteiger partial charge is 0.316 e. The van der Waals surface area contributed by atoms with Crippen LogP contribution < -0.4 is 9.47 Å². The van der Waals surface area contributed by atoms with Crippen molar-refractivity contribution in [3.05, 3.63) is 22.7 Å². The molecule has 1 aromatic carbocycles. The highest BCUT2D eigenvalue weighted by Gasteiger charge is 2.17. The molecule has 1 aliphatic rings. The first-order valence-electron chi connectivity index (χ1n) is 5.50. The number of benzene rings is 1. The Labute approximate surface area is 114 Å². The quantitative estimate of drug-likeness (QED) is 0.923. The lowest BCUT2D eigenvalue weighted by Gasteiger charge is -2.20. The van der Waals surface area contributed by atoms with E-state index in [2.05, 4.69) is 0 Å². The van der Waals surface area contributed by atoms with Crippen molar-refractivity contribution in [1.29, 1.82) is 0 Å². The average molecular weight is 289 g/mol. The van der Waals surface area contributed by atoms with E-state index >= 15 is 0 Å². The monoisotopic (exact) mass is 288 g/mol. The van der Waals surface area contributed by atoms with Crippen molar-refractivity contribution in [3.8, 4) is 11.5 Å². The first-order valence-corrected chi connectivity index (χ1v) is 6.93. The Morgan fingerprint density at radius 1 is 1.50 bits per heavy atom. The number of carbonyl (C=O) groups is 1. The summed E-state index contributed by atoms with van der Waals surface area (Å²) in [6, 6.07) is 3.64. The second kappa shape index (κ2) is 5.71. The summed E-state index contributed by atoms with van der Waals surface area (Å²) in [4.78, 5) is 10.7. The third kappa shape index (κ3) is 3.03. The van der Waals surface area contributed by atoms with Crippen LogP contribution in [0.3, 0.4) is 0 Å². The van der Waals surface area contributed by atoms with Gasteiger partial charge in [0.05, 0.1) is 10.3 Å². The molecule has 0 fully saturated rings. The summed E-state index contributed by atoms with van der Waals surface area (Å²) in [5.74, 6) is 0.961. The number of hydrogen-bond acceptors (Lipinski definition) is 4. The summed E-state index contributed by atoms with van der Waals surface area (Å²) in [6.45, 7) is 2.66. The highest BCUT2D eigenvalue weighted by atomic mass is 35.5. The second-order valence-corrected chi connectivity index (χ2v) is 5.63. The largest absolute Gasteiger partial charge is 0.486 e. The zero-order chi connectivity index (χ0) is 13.1. The van der Waals surface area contributed by atoms with Gasteiger partial charge in [0, 0.05) is 5.75 Å². The van der Waals surface area contributed by atoms with E-state index in [4.69, 9.17) is 26.2 Å². The van der Waals surface area contributed by atoms with Gasteiger partial charge in [0.25, 0.3) is 0 Å². The predicted molar refractivity (Wildman–Crippen MR) is 70.8 cm³/mol. The fraction of sp³-hybridized carbons (Fsp3) is 0.417. The van der Waals surface area contributed by atoms with Crippen molar-refractivity contribution in [2.75, 3.05) is 13.2 Å². The molecule has 1 aromatic rings. The van der Waals surface area contributed by atoms with Gasteiger partial charge in [-0.1, -0.05) is 11.6 Å². The van der Waals surface area contributed by atoms with Gasteiger partial charge in [0.1, 0.15) is 13.2 Å². The van der Waals surface area contributed by atoms with Gasteiger partial charge >= 0.3 is 5.97 Å². The van der Waals surface area contributed by atoms with Crippen LogP contribution in [0.5, 0.6) is 11.5 Å². The van der Waals surface area contributed by atoms with Crippen LogP contribution in [0.1, 0.15) is 12.5 Å². The number of hydrogen-bond donors (Lipinski definition) is 1. The molecular weight excluding hydrogens is 276 g/mol. The lowest BCUT2D eigenvalue weighted by atomic mass is 10.2. The van der Waals surface area contributed by atoms with Crippen LogP contribution in [0.4, 0.5) is 0 Å². The molecule has 18 heavy (non-hydrogen) atoms. The lowest BCUT2D eigenvalue weighted by Crippen LogP contribution is -2.16. The Morgan fingerprint density at radius 3 is 2.94 bits per heavy atom. The van der Waals surface area contributed by atoms with E-state index in [9.17, 15) is 4.79 Å². The maximum atomic E-state index is 10.7. The minimum absolute atomic E-state index is 0.447. The number of carboxylic acids is 1. The summed E-state index contributed by atoms with van der Waals surface area (Å²) in [5.41, 5.74) is 0.933. The molecule has 0 amide bonds. The first-order chi connectivity index (χ1) is 8.58. The highest BCUT2D eigenvalue weighted by Crippen LogP contribution is 2.39. The van der Waals surface area contributed by atoms with Crippen LogP contribution in [0.25, 0.3) is 0 Å². The van der Waals surface area contributed by atoms with Crippen LogP contribution in [0.2, 0.25) is 5.02 Å². The Hall–Kier alpha value is -1.07. The van der Waals surface area contributed by atoms with E-state index in [0.29, 0.717) is 35.5 Å². The van der Waals surface area contributed by atoms with Crippen molar-refractivity contribution in [3.63, 3.8) is 0 Å². The Morgan fingerprint density at radius 2 is 2.22 bits per heavy atom. The second-order valence-electron chi connectivity index (χ2n) is 3.89. The molecular formula is C12H13ClO4S. The van der Waals surface area contributed by atoms with Crippen LogP contribution in [0, 0.1) is 0 Å². The van der Waals surface area contributed by atoms with Gasteiger partial charge in [-0.3, -0.25) is 4.79 Å². The van der Waals surface area contributed by atoms with E-state index < -0.39 is 11.2 Å². The Bertz CT molecular complexity index is 464. The fourth-order valence-electron chi connectivity index (χ4n) is 1.54. The zero-order valence-electron chi connectivity index (χ0n) is 9.81. The molecule has 1 atom stereocenters. The van der Waals surface area contributed by atoms with E-state index in [1.165, 1.54) is 11.8 Å². The van der Waals surface area contributed by atoms with Gasteiger partial charge in [-0.25, -0.2) is 0 Å². The standard InChI is InChI=1S/C12H13ClO4S/c1-7(12(14)15)18-6-8-4-9(13)11-10(5-8)16-2-3-17-11/h4-5,7H,2-3,6H2,1H3,(H,14,15). The number of halogens is 1. The number of carboxylic acid groups (broad SMARTS) is 1. The zero-order valence-corrected chi connectivity index (χ0v) is 11.4. The molecule has 0 bridgehead atoms. The summed E-state index contributed by atoms with van der Waals surface area (Å²) >= 11 is 7.44. The Balaban J connectivity index is 2.10. The maximum absolute atomic E-state index is 10.7. The van der Waals surface area contributed by atoms with Crippen molar-refractivity contribution < 1.29 is 19.4 Å². The van der Waals surface area contributed by atoms with Gasteiger partial charge in [0.15, 0.2) is 11.5 Å². The molecule has 98 valence electrons. The molecule has 2 rings (SSSR count). The fourth-order valence-corrected chi connectivity index (χ4v) is 2.58. The third-order valence-corrected chi connectivity index (χ3v) is 3.99. The van der Waals surface area contributed by atoms with Gasteiger partial charge in [-0.2, -0.15) is 0 Å². The van der Waals surface area contributed by atoms with E-state index in [1.54, 1.807) is 13.0 Å². The first kappa shape index (κ1) is 13.4. The molecule has 0 aromatic heterocycles. The highest BCUT2D eigenvalue weighted by molar-refractivity contribution is 7.99. The van der Waals surface area contributed by atoms with Gasteiger partial charge in [-0.15, -0.1) is 11.8 Å². The summed E-state index contributed by atoms with van der Waals surface area (Å²) in [7, 11) is 0. The molecule has 0 spiro atoms. The third-order valence-electron chi connectivity index (χ3n) is 2.50. The van der Waals surface area contributed by atoms with Crippen LogP contribution in [-0.2, 0) is 10.5 Å². The normalized spacial score (nSPS) is 15.2. The number of thioether (sulfide) groups is 1. The molecule has 6 heteroatoms. The topological polar surface area (TPSA) is 55.8 Å². The molecule has 1 aliphatic heterocycles. The summed E-state index contributed by atoms with van der Waals surface area (Å²) < 4.78 is 10.9. The van der Waals surface area contributed by atoms with Crippen molar-refractivity contribution in [2.24, 2.45) is 0 Å². The maximum Gasteiger partial charge on any atom is 0.316 e. The van der Waals surface area contributed by atoms with Crippen molar-refractivity contribution in [1.82, 2.24) is 0 Å². The van der Waals surface area contributed by atoms with E-state index in [1.807, 2.05) is 6.07 Å². The minimum Gasteiger partial charge on any atom is -0.486 e. The summed E-state index contributed by atoms with van der Waals surface area (Å²) in [5, 5.41) is 8.87. The van der Waals surface area contributed by atoms with Gasteiger partial charge < -0.3 is 14.6 Å². The van der Waals surface area contributed by atoms with Crippen LogP contribution in [0.15, 0.2) is 12.1 Å². The molecule has 1 heterocycles. The summed E-state index contributed by atoms with van der Waals surface area (Å²) in [6.07, 6.45) is 0. The van der Waals surface area contributed by atoms with E-state index in [0.717, 1.165) is 5.56 Å². The average Bonchev–Trinajstić information content (AvgIpc) is 2.36.